The van der Waals surface area contributed by atoms with Gasteiger partial charge >= 0.3 is 11.9 Å². The second kappa shape index (κ2) is 7.72. The number of ether oxygens (including phenoxy) is 2. The summed E-state index contributed by atoms with van der Waals surface area (Å²) in [6.07, 6.45) is 4.58. The normalized spacial score (nSPS) is 15.5. The number of anilines is 1. The van der Waals surface area contributed by atoms with Gasteiger partial charge in [0.2, 0.25) is 0 Å². The molecule has 0 atom stereocenters. The van der Waals surface area contributed by atoms with E-state index in [1.54, 1.807) is 6.92 Å². The van der Waals surface area contributed by atoms with E-state index in [9.17, 15) is 9.59 Å². The van der Waals surface area contributed by atoms with Crippen molar-refractivity contribution in [2.75, 3.05) is 19.0 Å². The van der Waals surface area contributed by atoms with Crippen molar-refractivity contribution in [3.05, 3.63) is 23.5 Å². The third-order valence-corrected chi connectivity index (χ3v) is 4.10. The number of hydrogen-bond acceptors (Lipinski definition) is 6. The quantitative estimate of drug-likeness (QED) is 0.628. The maximum atomic E-state index is 12.0. The molecule has 1 aromatic rings. The largest absolute Gasteiger partial charge is 0.464 e. The fourth-order valence-electron chi connectivity index (χ4n) is 2.60. The molecular formula is C18H27N3O4. The van der Waals surface area contributed by atoms with Gasteiger partial charge in [0.1, 0.15) is 11.5 Å². The number of esters is 2. The van der Waals surface area contributed by atoms with Crippen LogP contribution in [0.15, 0.2) is 17.8 Å². The monoisotopic (exact) mass is 349 g/mol. The Hall–Kier alpha value is -2.31. The van der Waals surface area contributed by atoms with Gasteiger partial charge in [0.05, 0.1) is 31.0 Å². The van der Waals surface area contributed by atoms with Crippen LogP contribution in [-0.2, 0) is 24.6 Å². The van der Waals surface area contributed by atoms with Crippen LogP contribution in [0.25, 0.3) is 0 Å². The van der Waals surface area contributed by atoms with Gasteiger partial charge in [-0.25, -0.2) is 14.3 Å². The van der Waals surface area contributed by atoms with Gasteiger partial charge in [-0.05, 0) is 40.5 Å². The van der Waals surface area contributed by atoms with Gasteiger partial charge in [-0.3, -0.25) is 0 Å². The van der Waals surface area contributed by atoms with Gasteiger partial charge in [0, 0.05) is 12.0 Å². The molecule has 1 aromatic heterocycles. The molecule has 0 unspecified atom stereocenters. The van der Waals surface area contributed by atoms with Gasteiger partial charge in [0.25, 0.3) is 0 Å². The van der Waals surface area contributed by atoms with E-state index in [0.29, 0.717) is 11.7 Å². The van der Waals surface area contributed by atoms with Crippen molar-refractivity contribution in [3.63, 3.8) is 0 Å². The number of carbonyl (C=O) groups is 2. The second-order valence-electron chi connectivity index (χ2n) is 7.09. The average Bonchev–Trinajstić information content (AvgIpc) is 2.87. The predicted octanol–water partition coefficient (Wildman–Crippen LogP) is 2.94. The Bertz CT molecular complexity index is 666. The van der Waals surface area contributed by atoms with E-state index >= 15 is 0 Å². The van der Waals surface area contributed by atoms with Crippen LogP contribution < -0.4 is 5.32 Å². The summed E-state index contributed by atoms with van der Waals surface area (Å²) in [5.74, 6) is -0.133. The Morgan fingerprint density at radius 1 is 1.40 bits per heavy atom. The summed E-state index contributed by atoms with van der Waals surface area (Å²) in [4.78, 5) is 23.8. The molecule has 25 heavy (non-hydrogen) atoms. The number of nitrogens with one attached hydrogen (secondary N) is 1. The molecule has 0 aromatic carbocycles. The number of methoxy groups -OCH3 is 1. The van der Waals surface area contributed by atoms with Crippen molar-refractivity contribution in [2.45, 2.75) is 58.4 Å². The molecule has 1 heterocycles. The second-order valence-corrected chi connectivity index (χ2v) is 7.09. The zero-order valence-electron chi connectivity index (χ0n) is 15.6. The van der Waals surface area contributed by atoms with Crippen LogP contribution in [-0.4, -0.2) is 35.4 Å². The molecule has 0 aliphatic heterocycles. The molecule has 2 rings (SSSR count). The Labute approximate surface area is 148 Å². The molecule has 0 saturated heterocycles. The van der Waals surface area contributed by atoms with E-state index in [-0.39, 0.29) is 17.8 Å². The van der Waals surface area contributed by atoms with Crippen LogP contribution in [0.2, 0.25) is 0 Å². The van der Waals surface area contributed by atoms with Crippen LogP contribution in [0.1, 0.15) is 58.6 Å². The average molecular weight is 349 g/mol. The summed E-state index contributed by atoms with van der Waals surface area (Å²) >= 11 is 0. The van der Waals surface area contributed by atoms with Crippen molar-refractivity contribution >= 4 is 17.8 Å². The standard InChI is InChI=1S/C18H27N3O4/c1-6-25-16(22)11-14(17(23)24-5)19-15-10-13(12-8-7-9-12)20-21(15)18(2,3)4/h10-12,19H,6-9H2,1-5H3/b14-11+. The number of rotatable bonds is 6. The van der Waals surface area contributed by atoms with Crippen molar-refractivity contribution in [3.8, 4) is 0 Å². The van der Waals surface area contributed by atoms with Crippen molar-refractivity contribution in [1.29, 1.82) is 0 Å². The summed E-state index contributed by atoms with van der Waals surface area (Å²) in [7, 11) is 1.27. The summed E-state index contributed by atoms with van der Waals surface area (Å²) in [5.41, 5.74) is 0.741. The highest BCUT2D eigenvalue weighted by atomic mass is 16.5. The van der Waals surface area contributed by atoms with Crippen LogP contribution in [0, 0.1) is 0 Å². The van der Waals surface area contributed by atoms with Gasteiger partial charge < -0.3 is 14.8 Å². The molecule has 138 valence electrons. The van der Waals surface area contributed by atoms with Crippen LogP contribution in [0.5, 0.6) is 0 Å². The first-order chi connectivity index (χ1) is 11.8. The van der Waals surface area contributed by atoms with E-state index < -0.39 is 11.9 Å². The van der Waals surface area contributed by atoms with E-state index in [2.05, 4.69) is 5.32 Å². The third-order valence-electron chi connectivity index (χ3n) is 4.10. The molecule has 1 aliphatic rings. The fourth-order valence-corrected chi connectivity index (χ4v) is 2.60. The highest BCUT2D eigenvalue weighted by Crippen LogP contribution is 2.37. The van der Waals surface area contributed by atoms with Crippen LogP contribution >= 0.6 is 0 Å². The number of carbonyl (C=O) groups excluding carboxylic acids is 2. The molecule has 7 nitrogen and oxygen atoms in total. The van der Waals surface area contributed by atoms with Crippen molar-refractivity contribution < 1.29 is 19.1 Å². The Balaban J connectivity index is 2.35. The molecule has 0 amide bonds. The molecule has 0 radical (unpaired) electrons. The minimum atomic E-state index is -0.639. The lowest BCUT2D eigenvalue weighted by Crippen LogP contribution is -2.27. The molecule has 0 bridgehead atoms. The molecule has 1 aliphatic carbocycles. The SMILES string of the molecule is CCOC(=O)/C=C(/Nc1cc(C2CCC2)nn1C(C)(C)C)C(=O)OC. The summed E-state index contributed by atoms with van der Waals surface area (Å²) in [6.45, 7) is 8.03. The topological polar surface area (TPSA) is 82.5 Å². The summed E-state index contributed by atoms with van der Waals surface area (Å²) in [6, 6.07) is 1.94. The minimum absolute atomic E-state index is 0.0199. The van der Waals surface area contributed by atoms with Crippen LogP contribution in [0.4, 0.5) is 5.82 Å². The maximum Gasteiger partial charge on any atom is 0.354 e. The first-order valence-electron chi connectivity index (χ1n) is 8.60. The number of aromatic nitrogens is 2. The highest BCUT2D eigenvalue weighted by Gasteiger charge is 2.27. The molecule has 0 spiro atoms. The van der Waals surface area contributed by atoms with Gasteiger partial charge in [-0.1, -0.05) is 6.42 Å². The van der Waals surface area contributed by atoms with Crippen LogP contribution in [0.3, 0.4) is 0 Å². The molecular weight excluding hydrogens is 322 g/mol. The minimum Gasteiger partial charge on any atom is -0.464 e. The molecule has 1 N–H and O–H groups in total. The summed E-state index contributed by atoms with van der Waals surface area (Å²) in [5, 5.41) is 7.72. The van der Waals surface area contributed by atoms with Crippen molar-refractivity contribution in [1.82, 2.24) is 9.78 Å². The fraction of sp³-hybridized carbons (Fsp3) is 0.611. The predicted molar refractivity (Wildman–Crippen MR) is 94.2 cm³/mol. The highest BCUT2D eigenvalue weighted by molar-refractivity contribution is 5.98. The number of nitrogens with zero attached hydrogens (tertiary/aromatic N) is 2. The van der Waals surface area contributed by atoms with Gasteiger partial charge in [-0.15, -0.1) is 0 Å². The lowest BCUT2D eigenvalue weighted by atomic mass is 9.83. The lowest BCUT2D eigenvalue weighted by Gasteiger charge is -2.24. The van der Waals surface area contributed by atoms with E-state index in [0.717, 1.165) is 24.6 Å². The lowest BCUT2D eigenvalue weighted by molar-refractivity contribution is -0.139. The zero-order chi connectivity index (χ0) is 18.6. The number of hydrogen-bond donors (Lipinski definition) is 1. The molecule has 1 fully saturated rings. The van der Waals surface area contributed by atoms with E-state index in [1.165, 1.54) is 13.5 Å². The third kappa shape index (κ3) is 4.61. The van der Waals surface area contributed by atoms with Gasteiger partial charge in [0.15, 0.2) is 0 Å². The summed E-state index contributed by atoms with van der Waals surface area (Å²) < 4.78 is 11.5. The first-order valence-corrected chi connectivity index (χ1v) is 8.60. The first kappa shape index (κ1) is 19.0. The smallest absolute Gasteiger partial charge is 0.354 e. The Kier molecular flexibility index (Phi) is 5.87. The van der Waals surface area contributed by atoms with E-state index in [4.69, 9.17) is 14.6 Å². The van der Waals surface area contributed by atoms with Gasteiger partial charge in [-0.2, -0.15) is 5.10 Å². The maximum absolute atomic E-state index is 12.0. The van der Waals surface area contributed by atoms with Crippen molar-refractivity contribution in [2.24, 2.45) is 0 Å². The Morgan fingerprint density at radius 3 is 2.56 bits per heavy atom. The zero-order valence-corrected chi connectivity index (χ0v) is 15.6. The van der Waals surface area contributed by atoms with E-state index in [1.807, 2.05) is 31.5 Å². The molecule has 1 saturated carbocycles. The molecule has 7 heteroatoms. The Morgan fingerprint density at radius 2 is 2.08 bits per heavy atom.